The van der Waals surface area contributed by atoms with E-state index in [1.54, 1.807) is 12.3 Å². The molecular weight excluding hydrogens is 268 g/mol. The molecule has 5 heteroatoms. The average Bonchev–Trinajstić information content (AvgIpc) is 2.48. The van der Waals surface area contributed by atoms with Crippen molar-refractivity contribution in [3.63, 3.8) is 0 Å². The number of thiocarbonyl (C=S) groups is 1. The molecule has 4 nitrogen and oxygen atoms in total. The van der Waals surface area contributed by atoms with Crippen molar-refractivity contribution in [3.05, 3.63) is 59.7 Å². The predicted molar refractivity (Wildman–Crippen MR) is 84.1 cm³/mol. The zero-order chi connectivity index (χ0) is 14.4. The number of nitrogens with zero attached hydrogens (tertiary/aromatic N) is 2. The summed E-state index contributed by atoms with van der Waals surface area (Å²) in [5.41, 5.74) is 11.4. The molecule has 0 heterocycles. The first kappa shape index (κ1) is 13.7. The second-order valence-corrected chi connectivity index (χ2v) is 4.49. The molecule has 0 aliphatic carbocycles. The van der Waals surface area contributed by atoms with Gasteiger partial charge in [-0.25, -0.2) is 0 Å². The number of hydrazone groups is 1. The van der Waals surface area contributed by atoms with Crippen molar-refractivity contribution in [2.24, 2.45) is 10.8 Å². The van der Waals surface area contributed by atoms with Crippen molar-refractivity contribution >= 4 is 23.5 Å². The third-order valence-electron chi connectivity index (χ3n) is 2.62. The number of benzene rings is 2. The van der Waals surface area contributed by atoms with Crippen LogP contribution in [0.25, 0.3) is 11.1 Å². The third-order valence-corrected chi connectivity index (χ3v) is 2.72. The van der Waals surface area contributed by atoms with Crippen molar-refractivity contribution in [2.75, 3.05) is 0 Å². The highest BCUT2D eigenvalue weighted by molar-refractivity contribution is 7.80. The molecule has 0 spiro atoms. The van der Waals surface area contributed by atoms with Gasteiger partial charge in [-0.15, -0.1) is 0 Å². The first-order valence-corrected chi connectivity index (χ1v) is 6.29. The Hall–Kier alpha value is -2.71. The normalized spacial score (nSPS) is 10.2. The Kier molecular flexibility index (Phi) is 4.43. The van der Waals surface area contributed by atoms with E-state index in [1.807, 2.05) is 42.5 Å². The van der Waals surface area contributed by atoms with Gasteiger partial charge in [-0.3, -0.25) is 5.43 Å². The van der Waals surface area contributed by atoms with Crippen LogP contribution in [0.1, 0.15) is 11.1 Å². The van der Waals surface area contributed by atoms with Gasteiger partial charge >= 0.3 is 0 Å². The van der Waals surface area contributed by atoms with E-state index in [0.717, 1.165) is 16.7 Å². The molecule has 3 N–H and O–H groups in total. The minimum Gasteiger partial charge on any atom is -0.375 e. The van der Waals surface area contributed by atoms with Crippen LogP contribution >= 0.6 is 12.2 Å². The number of nitriles is 1. The molecule has 0 radical (unpaired) electrons. The SMILES string of the molecule is N#Cc1cccc(-c2ccc(C=NNC(N)=S)cc2)c1. The Bertz CT molecular complexity index is 684. The molecule has 0 unspecified atom stereocenters. The molecule has 0 saturated heterocycles. The molecule has 0 amide bonds. The predicted octanol–water partition coefficient (Wildman–Crippen LogP) is 2.39. The molecule has 2 aromatic rings. The summed E-state index contributed by atoms with van der Waals surface area (Å²) < 4.78 is 0. The van der Waals surface area contributed by atoms with E-state index in [2.05, 4.69) is 28.8 Å². The first-order chi connectivity index (χ1) is 9.69. The van der Waals surface area contributed by atoms with E-state index in [-0.39, 0.29) is 5.11 Å². The number of hydrogen-bond acceptors (Lipinski definition) is 3. The van der Waals surface area contributed by atoms with Gasteiger partial charge in [0.1, 0.15) is 0 Å². The van der Waals surface area contributed by atoms with Crippen molar-refractivity contribution < 1.29 is 0 Å². The molecule has 0 aromatic heterocycles. The van der Waals surface area contributed by atoms with Gasteiger partial charge in [0, 0.05) is 0 Å². The lowest BCUT2D eigenvalue weighted by atomic mass is 10.0. The largest absolute Gasteiger partial charge is 0.375 e. The third kappa shape index (κ3) is 3.64. The van der Waals surface area contributed by atoms with E-state index in [0.29, 0.717) is 5.56 Å². The van der Waals surface area contributed by atoms with Crippen LogP contribution in [0.3, 0.4) is 0 Å². The molecule has 0 fully saturated rings. The van der Waals surface area contributed by atoms with E-state index >= 15 is 0 Å². The van der Waals surface area contributed by atoms with E-state index < -0.39 is 0 Å². The van der Waals surface area contributed by atoms with Crippen LogP contribution in [0, 0.1) is 11.3 Å². The Labute approximate surface area is 122 Å². The monoisotopic (exact) mass is 280 g/mol. The minimum absolute atomic E-state index is 0.131. The molecule has 0 saturated carbocycles. The highest BCUT2D eigenvalue weighted by Crippen LogP contribution is 2.20. The summed E-state index contributed by atoms with van der Waals surface area (Å²) in [5, 5.41) is 12.9. The number of hydrogen-bond donors (Lipinski definition) is 2. The lowest BCUT2D eigenvalue weighted by Crippen LogP contribution is -2.23. The number of nitrogens with two attached hydrogens (primary N) is 1. The van der Waals surface area contributed by atoms with E-state index in [1.165, 1.54) is 0 Å². The quantitative estimate of drug-likeness (QED) is 0.514. The van der Waals surface area contributed by atoms with Gasteiger partial charge in [-0.2, -0.15) is 10.4 Å². The smallest absolute Gasteiger partial charge is 0.184 e. The van der Waals surface area contributed by atoms with Gasteiger partial charge < -0.3 is 5.73 Å². The summed E-state index contributed by atoms with van der Waals surface area (Å²) in [4.78, 5) is 0. The van der Waals surface area contributed by atoms with Crippen LogP contribution in [0.2, 0.25) is 0 Å². The summed E-state index contributed by atoms with van der Waals surface area (Å²) >= 11 is 4.65. The van der Waals surface area contributed by atoms with Crippen molar-refractivity contribution in [2.45, 2.75) is 0 Å². The zero-order valence-electron chi connectivity index (χ0n) is 10.6. The molecular formula is C15H12N4S. The van der Waals surface area contributed by atoms with Crippen molar-refractivity contribution in [1.29, 1.82) is 5.26 Å². The van der Waals surface area contributed by atoms with Crippen molar-refractivity contribution in [1.82, 2.24) is 5.43 Å². The highest BCUT2D eigenvalue weighted by atomic mass is 32.1. The summed E-state index contributed by atoms with van der Waals surface area (Å²) in [6.07, 6.45) is 1.63. The van der Waals surface area contributed by atoms with E-state index in [9.17, 15) is 0 Å². The van der Waals surface area contributed by atoms with Gasteiger partial charge in [0.2, 0.25) is 0 Å². The lowest BCUT2D eigenvalue weighted by Gasteiger charge is -2.02. The Morgan fingerprint density at radius 1 is 1.20 bits per heavy atom. The Morgan fingerprint density at radius 3 is 2.60 bits per heavy atom. The van der Waals surface area contributed by atoms with Crippen LogP contribution in [-0.4, -0.2) is 11.3 Å². The Balaban J connectivity index is 2.17. The molecule has 2 rings (SSSR count). The van der Waals surface area contributed by atoms with Crippen LogP contribution < -0.4 is 11.2 Å². The van der Waals surface area contributed by atoms with Gasteiger partial charge in [0.05, 0.1) is 17.8 Å². The van der Waals surface area contributed by atoms with Gasteiger partial charge in [-0.1, -0.05) is 36.4 Å². The standard InChI is InChI=1S/C15H12N4S/c16-9-12-2-1-3-14(8-12)13-6-4-11(5-7-13)10-18-19-15(17)20/h1-8,10H,(H3,17,19,20). The van der Waals surface area contributed by atoms with Gasteiger partial charge in [-0.05, 0) is 41.0 Å². The zero-order valence-corrected chi connectivity index (χ0v) is 11.4. The molecule has 0 aliphatic rings. The summed E-state index contributed by atoms with van der Waals surface area (Å²) in [6.45, 7) is 0. The molecule has 0 bridgehead atoms. The average molecular weight is 280 g/mol. The maximum absolute atomic E-state index is 8.90. The topological polar surface area (TPSA) is 74.2 Å². The Morgan fingerprint density at radius 2 is 1.95 bits per heavy atom. The fourth-order valence-electron chi connectivity index (χ4n) is 1.70. The van der Waals surface area contributed by atoms with Gasteiger partial charge in [0.25, 0.3) is 0 Å². The lowest BCUT2D eigenvalue weighted by molar-refractivity contribution is 1.04. The second-order valence-electron chi connectivity index (χ2n) is 4.05. The summed E-state index contributed by atoms with van der Waals surface area (Å²) in [5.74, 6) is 0. The van der Waals surface area contributed by atoms with Crippen LogP contribution in [0.15, 0.2) is 53.6 Å². The summed E-state index contributed by atoms with van der Waals surface area (Å²) in [7, 11) is 0. The summed E-state index contributed by atoms with van der Waals surface area (Å²) in [6, 6.07) is 17.4. The fourth-order valence-corrected chi connectivity index (χ4v) is 1.75. The highest BCUT2D eigenvalue weighted by Gasteiger charge is 1.99. The maximum Gasteiger partial charge on any atom is 0.184 e. The molecule has 2 aromatic carbocycles. The first-order valence-electron chi connectivity index (χ1n) is 5.88. The molecule has 98 valence electrons. The number of rotatable bonds is 3. The second kappa shape index (κ2) is 6.45. The fraction of sp³-hybridized carbons (Fsp3) is 0. The molecule has 0 aliphatic heterocycles. The van der Waals surface area contributed by atoms with Crippen LogP contribution in [-0.2, 0) is 0 Å². The van der Waals surface area contributed by atoms with Crippen LogP contribution in [0.5, 0.6) is 0 Å². The van der Waals surface area contributed by atoms with E-state index in [4.69, 9.17) is 11.0 Å². The number of nitrogens with one attached hydrogen (secondary N) is 1. The maximum atomic E-state index is 8.90. The van der Waals surface area contributed by atoms with Gasteiger partial charge in [0.15, 0.2) is 5.11 Å². The van der Waals surface area contributed by atoms with Crippen molar-refractivity contribution in [3.8, 4) is 17.2 Å². The molecule has 0 atom stereocenters. The van der Waals surface area contributed by atoms with Crippen LogP contribution in [0.4, 0.5) is 0 Å². The molecule has 20 heavy (non-hydrogen) atoms. The minimum atomic E-state index is 0.131.